The maximum atomic E-state index is 12.8. The number of esters is 2. The van der Waals surface area contributed by atoms with Crippen LogP contribution in [0.4, 0.5) is 0 Å². The smallest absolute Gasteiger partial charge is 0.462 e. The van der Waals surface area contributed by atoms with Crippen molar-refractivity contribution in [2.24, 2.45) is 0 Å². The first-order valence-electron chi connectivity index (χ1n) is 24.6. The van der Waals surface area contributed by atoms with Crippen LogP contribution in [-0.4, -0.2) is 74.7 Å². The van der Waals surface area contributed by atoms with E-state index in [1.54, 1.807) is 0 Å². The largest absolute Gasteiger partial charge is 0.472 e. The molecule has 0 aliphatic carbocycles. The van der Waals surface area contributed by atoms with Crippen molar-refractivity contribution >= 4 is 19.8 Å². The van der Waals surface area contributed by atoms with E-state index in [0.717, 1.165) is 44.9 Å². The first-order valence-corrected chi connectivity index (χ1v) is 21.6. The van der Waals surface area contributed by atoms with Crippen LogP contribution in [-0.2, 0) is 32.7 Å². The number of likely N-dealkylation sites (N-methyl/N-ethyl adjacent to an activating group) is 1. The molecule has 1 unspecified atom stereocenters. The van der Waals surface area contributed by atoms with Crippen molar-refractivity contribution in [3.63, 3.8) is 0 Å². The minimum atomic E-state index is -5.07. The van der Waals surface area contributed by atoms with Gasteiger partial charge in [0.05, 0.1) is 39.9 Å². The molecule has 1 N–H and O–H groups in total. The molecule has 0 heterocycles. The Hall–Kier alpha value is -0.990. The van der Waals surface area contributed by atoms with E-state index in [2.05, 4.69) is 13.8 Å². The first-order chi connectivity index (χ1) is 27.7. The zero-order valence-electron chi connectivity index (χ0n) is 40.9. The van der Waals surface area contributed by atoms with Crippen LogP contribution in [0.15, 0.2) is 0 Å². The average molecular weight is 744 g/mol. The fraction of sp³-hybridized carbons (Fsp3) is 0.950. The zero-order chi connectivity index (χ0) is 44.7. The Bertz CT molecular complexity index is 1090. The number of carbonyl (C=O) groups is 2. The molecule has 10 heteroatoms. The molecular weight excluding hydrogens is 653 g/mol. The number of quaternary nitrogens is 1. The van der Waals surface area contributed by atoms with Crippen LogP contribution < -0.4 is 0 Å². The molecule has 0 aromatic heterocycles. The molecule has 298 valence electrons. The zero-order valence-corrected chi connectivity index (χ0v) is 32.8. The van der Waals surface area contributed by atoms with Gasteiger partial charge in [-0.15, -0.1) is 0 Å². The van der Waals surface area contributed by atoms with Crippen molar-refractivity contribution in [2.75, 3.05) is 47.3 Å². The number of hydrogen-bond donors (Lipinski definition) is 1. The van der Waals surface area contributed by atoms with E-state index in [1.807, 2.05) is 0 Å². The molecule has 0 aliphatic heterocycles. The fourth-order valence-corrected chi connectivity index (χ4v) is 6.44. The minimum absolute atomic E-state index is 0.0772. The Morgan fingerprint density at radius 2 is 0.960 bits per heavy atom. The quantitative estimate of drug-likeness (QED) is 0.0288. The van der Waals surface area contributed by atoms with Gasteiger partial charge in [0.15, 0.2) is 6.10 Å². The molecule has 50 heavy (non-hydrogen) atoms. The van der Waals surface area contributed by atoms with Gasteiger partial charge in [0, 0.05) is 12.8 Å². The number of phosphoric ester groups is 1. The van der Waals surface area contributed by atoms with E-state index in [-0.39, 0.29) is 12.8 Å². The maximum absolute atomic E-state index is 12.8. The van der Waals surface area contributed by atoms with Crippen LogP contribution in [0.1, 0.15) is 206 Å². The molecule has 0 fully saturated rings. The Morgan fingerprint density at radius 3 is 1.36 bits per heavy atom. The molecule has 0 aliphatic rings. The summed E-state index contributed by atoms with van der Waals surface area (Å²) in [5.41, 5.74) is 0. The molecule has 0 aromatic rings. The highest BCUT2D eigenvalue weighted by Gasteiger charge is 2.27. The van der Waals surface area contributed by atoms with Gasteiger partial charge in [-0.25, -0.2) is 4.57 Å². The van der Waals surface area contributed by atoms with Crippen molar-refractivity contribution in [1.29, 1.82) is 0 Å². The molecule has 2 atom stereocenters. The highest BCUT2D eigenvalue weighted by atomic mass is 31.2. The molecule has 0 rings (SSSR count). The van der Waals surface area contributed by atoms with Gasteiger partial charge in [-0.05, 0) is 12.8 Å². The van der Waals surface area contributed by atoms with Crippen LogP contribution in [0.25, 0.3) is 0 Å². The summed E-state index contributed by atoms with van der Waals surface area (Å²) in [6, 6.07) is 0. The Balaban J connectivity index is 4.99. The van der Waals surface area contributed by atoms with Crippen LogP contribution in [0, 0.1) is 0 Å². The lowest BCUT2D eigenvalue weighted by Gasteiger charge is -2.24. The number of nitrogens with zero attached hydrogens (tertiary/aromatic N) is 1. The minimum Gasteiger partial charge on any atom is -0.462 e. The van der Waals surface area contributed by atoms with E-state index in [0.29, 0.717) is 12.8 Å². The number of phosphoric acid groups is 1. The Labute approximate surface area is 321 Å². The summed E-state index contributed by atoms with van der Waals surface area (Å²) in [5.74, 6) is -1.14. The van der Waals surface area contributed by atoms with Gasteiger partial charge in [-0.1, -0.05) is 168 Å². The second-order valence-electron chi connectivity index (χ2n) is 13.9. The Kier molecular flexibility index (Phi) is 23.5. The predicted octanol–water partition coefficient (Wildman–Crippen LogP) is 11.2. The monoisotopic (exact) mass is 744 g/mol. The SMILES string of the molecule is [2H]C([2H])([2H])[N+](CCOP(=O)(O)OC[C@@H](COC(=O)CCCCCCCCCCCCCCC)OC(=O)CCCCCCCCCCCCCCC)(C([2H])([2H])[2H])C([2H])([2H])[2H]. The third-order valence-electron chi connectivity index (χ3n) is 8.80. The third-order valence-corrected chi connectivity index (χ3v) is 9.79. The van der Waals surface area contributed by atoms with Gasteiger partial charge < -0.3 is 18.9 Å². The van der Waals surface area contributed by atoms with Gasteiger partial charge in [0.2, 0.25) is 0 Å². The summed E-state index contributed by atoms with van der Waals surface area (Å²) in [5, 5.41) is 0. The van der Waals surface area contributed by atoms with Gasteiger partial charge in [0.1, 0.15) is 19.8 Å². The highest BCUT2D eigenvalue weighted by Crippen LogP contribution is 2.43. The van der Waals surface area contributed by atoms with E-state index < -0.39 is 77.6 Å². The lowest BCUT2D eigenvalue weighted by Crippen LogP contribution is -2.37. The normalized spacial score (nSPS) is 17.1. The van der Waals surface area contributed by atoms with E-state index in [9.17, 15) is 19.0 Å². The topological polar surface area (TPSA) is 108 Å². The number of hydrogen-bond acceptors (Lipinski definition) is 7. The third kappa shape index (κ3) is 36.8. The summed E-state index contributed by atoms with van der Waals surface area (Å²) < 4.78 is 100. The van der Waals surface area contributed by atoms with Crippen LogP contribution in [0.3, 0.4) is 0 Å². The van der Waals surface area contributed by atoms with Gasteiger partial charge in [-0.3, -0.25) is 18.6 Å². The maximum Gasteiger partial charge on any atom is 0.472 e. The van der Waals surface area contributed by atoms with Crippen LogP contribution in [0.2, 0.25) is 0 Å². The number of ether oxygens (including phenoxy) is 2. The summed E-state index contributed by atoms with van der Waals surface area (Å²) in [6.45, 7) is -9.76. The van der Waals surface area contributed by atoms with Gasteiger partial charge in [0.25, 0.3) is 0 Å². The molecule has 0 saturated heterocycles. The van der Waals surface area contributed by atoms with Crippen molar-refractivity contribution in [2.45, 2.75) is 200 Å². The molecule has 0 saturated carbocycles. The second kappa shape index (κ2) is 33.8. The predicted molar refractivity (Wildman–Crippen MR) is 206 cm³/mol. The number of carbonyl (C=O) groups excluding carboxylic acids is 2. The van der Waals surface area contributed by atoms with Crippen molar-refractivity contribution in [3.05, 3.63) is 0 Å². The van der Waals surface area contributed by atoms with Crippen LogP contribution in [0.5, 0.6) is 0 Å². The molecule has 0 amide bonds. The summed E-state index contributed by atoms with van der Waals surface area (Å²) >= 11 is 0. The van der Waals surface area contributed by atoms with Crippen LogP contribution >= 0.6 is 7.82 Å². The molecule has 0 spiro atoms. The molecule has 0 radical (unpaired) electrons. The fourth-order valence-electron chi connectivity index (χ4n) is 5.70. The Morgan fingerprint density at radius 1 is 0.580 bits per heavy atom. The van der Waals surface area contributed by atoms with Gasteiger partial charge >= 0.3 is 19.8 Å². The summed E-state index contributed by atoms with van der Waals surface area (Å²) in [4.78, 5) is 35.6. The lowest BCUT2D eigenvalue weighted by atomic mass is 10.0. The van der Waals surface area contributed by atoms with Crippen molar-refractivity contribution in [1.82, 2.24) is 0 Å². The molecular formula is C40H81NO8P+. The summed E-state index contributed by atoms with van der Waals surface area (Å²) in [6.07, 6.45) is 28.8. The molecule has 9 nitrogen and oxygen atoms in total. The van der Waals surface area contributed by atoms with E-state index in [4.69, 9.17) is 30.9 Å². The van der Waals surface area contributed by atoms with Crippen molar-refractivity contribution in [3.8, 4) is 0 Å². The summed E-state index contributed by atoms with van der Waals surface area (Å²) in [7, 11) is -5.07. The number of rotatable bonds is 38. The molecule has 0 bridgehead atoms. The van der Waals surface area contributed by atoms with Gasteiger partial charge in [-0.2, -0.15) is 0 Å². The highest BCUT2D eigenvalue weighted by molar-refractivity contribution is 7.47. The van der Waals surface area contributed by atoms with E-state index >= 15 is 0 Å². The second-order valence-corrected chi connectivity index (χ2v) is 15.4. The average Bonchev–Trinajstić information content (AvgIpc) is 3.13. The van der Waals surface area contributed by atoms with E-state index in [1.165, 1.54) is 109 Å². The lowest BCUT2D eigenvalue weighted by molar-refractivity contribution is -0.870. The standard InChI is InChI=1S/C40H80NO8P/c1-6-8-10-12-14-16-18-20-22-24-26-28-30-32-39(42)46-36-38(37-48-50(44,45)47-35-34-41(3,4)5)49-40(43)33-31-29-27-25-23-21-19-17-15-13-11-9-7-2/h38H,6-37H2,1-5H3/p+1/t38-/m1/s1/i3D3,4D3,5D3. The molecule has 0 aromatic carbocycles. The number of unbranched alkanes of at least 4 members (excludes halogenated alkanes) is 24. The van der Waals surface area contributed by atoms with Crippen molar-refractivity contribution < 1.29 is 54.4 Å². The first kappa shape index (κ1) is 34.8.